The molecule has 2 rings (SSSR count). The first-order chi connectivity index (χ1) is 10.6. The molecule has 0 bridgehead atoms. The summed E-state index contributed by atoms with van der Waals surface area (Å²) in [5, 5.41) is 9.14. The van der Waals surface area contributed by atoms with Crippen molar-refractivity contribution in [3.8, 4) is 5.75 Å². The van der Waals surface area contributed by atoms with Crippen LogP contribution in [0.2, 0.25) is 0 Å². The van der Waals surface area contributed by atoms with Gasteiger partial charge in [0.05, 0.1) is 19.8 Å². The van der Waals surface area contributed by atoms with E-state index in [1.165, 1.54) is 4.90 Å². The van der Waals surface area contributed by atoms with Crippen molar-refractivity contribution < 1.29 is 24.2 Å². The molecule has 0 spiro atoms. The maximum absolute atomic E-state index is 12.2. The largest absolute Gasteiger partial charge is 0.494 e. The molecule has 1 aromatic carbocycles. The number of carboxylic acid groups (broad SMARTS) is 1. The summed E-state index contributed by atoms with van der Waals surface area (Å²) >= 11 is 0. The summed E-state index contributed by atoms with van der Waals surface area (Å²) in [5.41, 5.74) is 1.02. The highest BCUT2D eigenvalue weighted by molar-refractivity contribution is 5.84. The van der Waals surface area contributed by atoms with Crippen LogP contribution < -0.4 is 4.74 Å². The molecule has 6 nitrogen and oxygen atoms in total. The Morgan fingerprint density at radius 3 is 2.73 bits per heavy atom. The summed E-state index contributed by atoms with van der Waals surface area (Å²) in [7, 11) is 0. The third-order valence-electron chi connectivity index (χ3n) is 3.60. The molecule has 1 aliphatic rings. The predicted octanol–water partition coefficient (Wildman–Crippen LogP) is 1.33. The van der Waals surface area contributed by atoms with Crippen LogP contribution in [0.15, 0.2) is 24.3 Å². The minimum Gasteiger partial charge on any atom is -0.494 e. The van der Waals surface area contributed by atoms with Gasteiger partial charge in [-0.2, -0.15) is 0 Å². The fourth-order valence-corrected chi connectivity index (χ4v) is 2.42. The number of hydrogen-bond donors (Lipinski definition) is 1. The number of carbonyl (C=O) groups excluding carboxylic acids is 1. The molecule has 0 saturated carbocycles. The lowest BCUT2D eigenvalue weighted by Crippen LogP contribution is -2.52. The summed E-state index contributed by atoms with van der Waals surface area (Å²) in [6, 6.07) is 6.72. The monoisotopic (exact) mass is 307 g/mol. The third-order valence-corrected chi connectivity index (χ3v) is 3.60. The van der Waals surface area contributed by atoms with Crippen LogP contribution in [0.3, 0.4) is 0 Å². The van der Waals surface area contributed by atoms with E-state index < -0.39 is 12.0 Å². The standard InChI is InChI=1S/C16H21NO5/c1-2-22-13-6-3-12(4-7-13)5-8-15(18)17-9-10-21-11-14(17)16(19)20/h3-4,6-7,14H,2,5,8-11H2,1H3,(H,19,20)/t14-/m0/s1. The summed E-state index contributed by atoms with van der Waals surface area (Å²) in [4.78, 5) is 24.8. The lowest BCUT2D eigenvalue weighted by atomic mass is 10.1. The number of carbonyl (C=O) groups is 2. The Bertz CT molecular complexity index is 514. The molecular weight excluding hydrogens is 286 g/mol. The number of ether oxygens (including phenoxy) is 2. The minimum atomic E-state index is -1.02. The van der Waals surface area contributed by atoms with E-state index in [1.807, 2.05) is 31.2 Å². The average molecular weight is 307 g/mol. The molecule has 1 heterocycles. The number of carboxylic acids is 1. The first-order valence-corrected chi connectivity index (χ1v) is 7.43. The van der Waals surface area contributed by atoms with Gasteiger partial charge in [0.15, 0.2) is 6.04 Å². The fraction of sp³-hybridized carbons (Fsp3) is 0.500. The van der Waals surface area contributed by atoms with Gasteiger partial charge in [-0.05, 0) is 31.0 Å². The predicted molar refractivity (Wildman–Crippen MR) is 79.9 cm³/mol. The molecule has 1 atom stereocenters. The van der Waals surface area contributed by atoms with Crippen LogP contribution in [0, 0.1) is 0 Å². The van der Waals surface area contributed by atoms with Gasteiger partial charge in [-0.15, -0.1) is 0 Å². The van der Waals surface area contributed by atoms with Crippen molar-refractivity contribution >= 4 is 11.9 Å². The molecule has 1 fully saturated rings. The van der Waals surface area contributed by atoms with Crippen LogP contribution in [0.5, 0.6) is 5.75 Å². The van der Waals surface area contributed by atoms with Gasteiger partial charge in [0.25, 0.3) is 0 Å². The molecule has 1 aliphatic heterocycles. The fourth-order valence-electron chi connectivity index (χ4n) is 2.42. The number of hydrogen-bond acceptors (Lipinski definition) is 4. The van der Waals surface area contributed by atoms with Crippen LogP contribution in [0.1, 0.15) is 18.9 Å². The van der Waals surface area contributed by atoms with Crippen molar-refractivity contribution in [2.45, 2.75) is 25.8 Å². The minimum absolute atomic E-state index is 0.0596. The highest BCUT2D eigenvalue weighted by Gasteiger charge is 2.32. The number of morpholine rings is 1. The molecule has 1 amide bonds. The maximum atomic E-state index is 12.2. The van der Waals surface area contributed by atoms with Gasteiger partial charge in [-0.25, -0.2) is 4.79 Å². The highest BCUT2D eigenvalue weighted by atomic mass is 16.5. The zero-order chi connectivity index (χ0) is 15.9. The molecule has 1 aromatic rings. The SMILES string of the molecule is CCOc1ccc(CCC(=O)N2CCOC[C@H]2C(=O)O)cc1. The van der Waals surface area contributed by atoms with E-state index in [4.69, 9.17) is 14.6 Å². The van der Waals surface area contributed by atoms with E-state index in [0.29, 0.717) is 26.2 Å². The van der Waals surface area contributed by atoms with Crippen molar-refractivity contribution in [2.75, 3.05) is 26.4 Å². The Morgan fingerprint density at radius 1 is 1.36 bits per heavy atom. The van der Waals surface area contributed by atoms with Crippen LogP contribution in [0.4, 0.5) is 0 Å². The maximum Gasteiger partial charge on any atom is 0.328 e. The van der Waals surface area contributed by atoms with Crippen molar-refractivity contribution in [1.29, 1.82) is 0 Å². The number of amides is 1. The second-order valence-electron chi connectivity index (χ2n) is 5.09. The molecule has 1 saturated heterocycles. The molecule has 22 heavy (non-hydrogen) atoms. The van der Waals surface area contributed by atoms with Crippen LogP contribution in [-0.4, -0.2) is 54.3 Å². The molecule has 0 unspecified atom stereocenters. The van der Waals surface area contributed by atoms with Gasteiger partial charge in [0, 0.05) is 13.0 Å². The Kier molecular flexibility index (Phi) is 5.77. The second-order valence-corrected chi connectivity index (χ2v) is 5.09. The summed E-state index contributed by atoms with van der Waals surface area (Å²) in [5.74, 6) is -0.365. The van der Waals surface area contributed by atoms with Gasteiger partial charge in [-0.1, -0.05) is 12.1 Å². The molecular formula is C16H21NO5. The van der Waals surface area contributed by atoms with Crippen LogP contribution in [0.25, 0.3) is 0 Å². The first-order valence-electron chi connectivity index (χ1n) is 7.43. The van der Waals surface area contributed by atoms with Gasteiger partial charge < -0.3 is 19.5 Å². The molecule has 120 valence electrons. The second kappa shape index (κ2) is 7.79. The number of rotatable bonds is 6. The molecule has 6 heteroatoms. The Morgan fingerprint density at radius 2 is 2.09 bits per heavy atom. The zero-order valence-electron chi connectivity index (χ0n) is 12.7. The molecule has 0 aliphatic carbocycles. The smallest absolute Gasteiger partial charge is 0.328 e. The number of aliphatic carboxylic acids is 1. The van der Waals surface area contributed by atoms with Gasteiger partial charge in [-0.3, -0.25) is 4.79 Å². The van der Waals surface area contributed by atoms with Crippen molar-refractivity contribution in [1.82, 2.24) is 4.90 Å². The van der Waals surface area contributed by atoms with Gasteiger partial charge in [0.2, 0.25) is 5.91 Å². The van der Waals surface area contributed by atoms with Gasteiger partial charge >= 0.3 is 5.97 Å². The topological polar surface area (TPSA) is 76.1 Å². The Labute approximate surface area is 129 Å². The van der Waals surface area contributed by atoms with Crippen molar-refractivity contribution in [3.63, 3.8) is 0 Å². The number of nitrogens with zero attached hydrogens (tertiary/aromatic N) is 1. The normalized spacial score (nSPS) is 18.0. The molecule has 0 aromatic heterocycles. The quantitative estimate of drug-likeness (QED) is 0.858. The molecule has 1 N–H and O–H groups in total. The Hall–Kier alpha value is -2.08. The third kappa shape index (κ3) is 4.21. The molecule has 0 radical (unpaired) electrons. The van der Waals surface area contributed by atoms with E-state index >= 15 is 0 Å². The van der Waals surface area contributed by atoms with Crippen molar-refractivity contribution in [3.05, 3.63) is 29.8 Å². The number of benzene rings is 1. The van der Waals surface area contributed by atoms with Crippen LogP contribution >= 0.6 is 0 Å². The number of aryl methyl sites for hydroxylation is 1. The van der Waals surface area contributed by atoms with Crippen molar-refractivity contribution in [2.24, 2.45) is 0 Å². The summed E-state index contributed by atoms with van der Waals surface area (Å²) < 4.78 is 10.5. The average Bonchev–Trinajstić information content (AvgIpc) is 2.54. The van der Waals surface area contributed by atoms with E-state index in [0.717, 1.165) is 11.3 Å². The Balaban J connectivity index is 1.89. The van der Waals surface area contributed by atoms with Gasteiger partial charge in [0.1, 0.15) is 5.75 Å². The van der Waals surface area contributed by atoms with E-state index in [-0.39, 0.29) is 18.9 Å². The van der Waals surface area contributed by atoms with E-state index in [2.05, 4.69) is 0 Å². The lowest BCUT2D eigenvalue weighted by Gasteiger charge is -2.32. The first kappa shape index (κ1) is 16.3. The lowest BCUT2D eigenvalue weighted by molar-refractivity contribution is -0.158. The highest BCUT2D eigenvalue weighted by Crippen LogP contribution is 2.15. The summed E-state index contributed by atoms with van der Waals surface area (Å²) in [6.07, 6.45) is 0.868. The van der Waals surface area contributed by atoms with E-state index in [1.54, 1.807) is 0 Å². The van der Waals surface area contributed by atoms with Crippen LogP contribution in [-0.2, 0) is 20.7 Å². The zero-order valence-corrected chi connectivity index (χ0v) is 12.7. The summed E-state index contributed by atoms with van der Waals surface area (Å²) in [6.45, 7) is 3.32. The van der Waals surface area contributed by atoms with E-state index in [9.17, 15) is 9.59 Å².